The van der Waals surface area contributed by atoms with Crippen molar-refractivity contribution in [3.63, 3.8) is 0 Å². The Hall–Kier alpha value is -3.74. The highest BCUT2D eigenvalue weighted by Crippen LogP contribution is 2.16. The van der Waals surface area contributed by atoms with E-state index in [2.05, 4.69) is 32.5 Å². The highest BCUT2D eigenvalue weighted by atomic mass is 16.1. The molecule has 4 aromatic rings. The molecule has 0 saturated heterocycles. The van der Waals surface area contributed by atoms with E-state index < -0.39 is 0 Å². The Labute approximate surface area is 168 Å². The molecule has 0 atom stereocenters. The van der Waals surface area contributed by atoms with Crippen molar-refractivity contribution in [2.75, 3.05) is 5.73 Å². The maximum absolute atomic E-state index is 12.5. The summed E-state index contributed by atoms with van der Waals surface area (Å²) in [4.78, 5) is 21.2. The van der Waals surface area contributed by atoms with Crippen LogP contribution in [0.15, 0.2) is 54.9 Å². The molecule has 0 aliphatic carbocycles. The number of nitrogens with one attached hydrogen (secondary N) is 1. The van der Waals surface area contributed by atoms with Gasteiger partial charge < -0.3 is 11.1 Å². The summed E-state index contributed by atoms with van der Waals surface area (Å²) in [6.45, 7) is 4.82. The number of hydrogen-bond donors (Lipinski definition) is 2. The van der Waals surface area contributed by atoms with Crippen molar-refractivity contribution >= 4 is 22.6 Å². The molecular formula is C22H22N6O. The second-order valence-corrected chi connectivity index (χ2v) is 7.07. The van der Waals surface area contributed by atoms with Gasteiger partial charge in [0.2, 0.25) is 0 Å². The monoisotopic (exact) mass is 386 g/mol. The average Bonchev–Trinajstić information content (AvgIpc) is 3.16. The van der Waals surface area contributed by atoms with E-state index in [1.807, 2.05) is 38.1 Å². The molecule has 0 unspecified atom stereocenters. The Morgan fingerprint density at radius 2 is 1.97 bits per heavy atom. The van der Waals surface area contributed by atoms with Crippen molar-refractivity contribution in [3.8, 4) is 0 Å². The number of carbonyl (C=O) groups is 1. The second-order valence-electron chi connectivity index (χ2n) is 7.07. The molecule has 3 aromatic heterocycles. The molecule has 29 heavy (non-hydrogen) atoms. The van der Waals surface area contributed by atoms with Crippen molar-refractivity contribution in [1.29, 1.82) is 0 Å². The van der Waals surface area contributed by atoms with E-state index in [0.717, 1.165) is 33.4 Å². The summed E-state index contributed by atoms with van der Waals surface area (Å²) in [5.74, 6) is 0.295. The first-order chi connectivity index (χ1) is 14.0. The minimum Gasteiger partial charge on any atom is -0.384 e. The number of nitrogen functional groups attached to an aromatic ring is 1. The fourth-order valence-electron chi connectivity index (χ4n) is 3.20. The van der Waals surface area contributed by atoms with Gasteiger partial charge in [0, 0.05) is 29.5 Å². The molecule has 0 fully saturated rings. The van der Waals surface area contributed by atoms with E-state index in [9.17, 15) is 4.79 Å². The minimum absolute atomic E-state index is 0.175. The highest BCUT2D eigenvalue weighted by Gasteiger charge is 2.10. The molecule has 0 aliphatic heterocycles. The first kappa shape index (κ1) is 18.6. The van der Waals surface area contributed by atoms with Crippen LogP contribution in [0.5, 0.6) is 0 Å². The van der Waals surface area contributed by atoms with Gasteiger partial charge in [0.05, 0.1) is 23.8 Å². The molecule has 0 aliphatic rings. The number of anilines is 1. The molecule has 0 radical (unpaired) electrons. The van der Waals surface area contributed by atoms with Gasteiger partial charge in [-0.15, -0.1) is 0 Å². The van der Waals surface area contributed by atoms with Gasteiger partial charge in [-0.2, -0.15) is 5.10 Å². The molecule has 146 valence electrons. The van der Waals surface area contributed by atoms with Crippen LogP contribution in [0, 0.1) is 13.8 Å². The molecule has 3 N–H and O–H groups in total. The molecule has 1 aromatic carbocycles. The van der Waals surface area contributed by atoms with Crippen LogP contribution in [0.1, 0.15) is 32.9 Å². The summed E-state index contributed by atoms with van der Waals surface area (Å²) in [7, 11) is 0. The van der Waals surface area contributed by atoms with Gasteiger partial charge in [0.1, 0.15) is 5.82 Å². The quantitative estimate of drug-likeness (QED) is 0.549. The lowest BCUT2D eigenvalue weighted by Gasteiger charge is -2.07. The number of rotatable bonds is 5. The minimum atomic E-state index is -0.175. The lowest BCUT2D eigenvalue weighted by atomic mass is 10.1. The summed E-state index contributed by atoms with van der Waals surface area (Å²) in [6, 6.07) is 13.8. The number of nitrogens with two attached hydrogens (primary N) is 1. The van der Waals surface area contributed by atoms with Crippen molar-refractivity contribution in [3.05, 3.63) is 82.9 Å². The van der Waals surface area contributed by atoms with Gasteiger partial charge in [-0.3, -0.25) is 14.5 Å². The number of nitrogens with zero attached hydrogens (tertiary/aromatic N) is 4. The fraction of sp³-hybridized carbons (Fsp3) is 0.182. The predicted octanol–water partition coefficient (Wildman–Crippen LogP) is 3.00. The molecule has 7 nitrogen and oxygen atoms in total. The molecule has 1 amide bonds. The SMILES string of the molecule is Cc1ccc2cc(Cn3cc(C(=O)NCc4ccc(N)nc4C)cn3)ccc2n1. The van der Waals surface area contributed by atoms with Crippen LogP contribution < -0.4 is 11.1 Å². The van der Waals surface area contributed by atoms with Gasteiger partial charge in [-0.25, -0.2) is 4.98 Å². The number of fused-ring (bicyclic) bond motifs is 1. The normalized spacial score (nSPS) is 11.0. The van der Waals surface area contributed by atoms with Crippen molar-refractivity contribution in [1.82, 2.24) is 25.1 Å². The zero-order valence-electron chi connectivity index (χ0n) is 16.4. The summed E-state index contributed by atoms with van der Waals surface area (Å²) >= 11 is 0. The van der Waals surface area contributed by atoms with Gasteiger partial charge in [-0.05, 0) is 49.2 Å². The standard InChI is InChI=1S/C22H22N6O/c1-14-3-5-17-9-16(4-7-20(17)26-14)12-28-13-19(11-25-28)22(29)24-10-18-6-8-21(23)27-15(18)2/h3-9,11,13H,10,12H2,1-2H3,(H2,23,27)(H,24,29). The van der Waals surface area contributed by atoms with Crippen LogP contribution in [-0.2, 0) is 13.1 Å². The van der Waals surface area contributed by atoms with Crippen LogP contribution >= 0.6 is 0 Å². The Morgan fingerprint density at radius 3 is 2.79 bits per heavy atom. The van der Waals surface area contributed by atoms with E-state index in [0.29, 0.717) is 24.5 Å². The Morgan fingerprint density at radius 1 is 1.10 bits per heavy atom. The Bertz CT molecular complexity index is 1200. The first-order valence-electron chi connectivity index (χ1n) is 9.37. The Balaban J connectivity index is 1.42. The van der Waals surface area contributed by atoms with Gasteiger partial charge in [-0.1, -0.05) is 18.2 Å². The highest BCUT2D eigenvalue weighted by molar-refractivity contribution is 5.93. The maximum Gasteiger partial charge on any atom is 0.254 e. The third kappa shape index (κ3) is 4.24. The largest absolute Gasteiger partial charge is 0.384 e. The summed E-state index contributed by atoms with van der Waals surface area (Å²) < 4.78 is 1.76. The lowest BCUT2D eigenvalue weighted by Crippen LogP contribution is -2.23. The number of benzene rings is 1. The number of aryl methyl sites for hydroxylation is 2. The van der Waals surface area contributed by atoms with Crippen LogP contribution in [0.2, 0.25) is 0 Å². The van der Waals surface area contributed by atoms with Crippen LogP contribution in [0.25, 0.3) is 10.9 Å². The lowest BCUT2D eigenvalue weighted by molar-refractivity contribution is 0.0950. The van der Waals surface area contributed by atoms with Crippen molar-refractivity contribution < 1.29 is 4.79 Å². The second kappa shape index (κ2) is 7.71. The van der Waals surface area contributed by atoms with Gasteiger partial charge in [0.25, 0.3) is 5.91 Å². The third-order valence-electron chi connectivity index (χ3n) is 4.79. The van der Waals surface area contributed by atoms with Crippen LogP contribution in [0.4, 0.5) is 5.82 Å². The smallest absolute Gasteiger partial charge is 0.254 e. The first-order valence-corrected chi connectivity index (χ1v) is 9.37. The molecule has 0 bridgehead atoms. The van der Waals surface area contributed by atoms with E-state index >= 15 is 0 Å². The zero-order valence-corrected chi connectivity index (χ0v) is 16.4. The summed E-state index contributed by atoms with van der Waals surface area (Å²) in [5.41, 5.74) is 11.0. The number of pyridine rings is 2. The zero-order chi connectivity index (χ0) is 20.4. The van der Waals surface area contributed by atoms with Gasteiger partial charge in [0.15, 0.2) is 0 Å². The third-order valence-corrected chi connectivity index (χ3v) is 4.79. The maximum atomic E-state index is 12.5. The number of aromatic nitrogens is 4. The van der Waals surface area contributed by atoms with Crippen molar-refractivity contribution in [2.24, 2.45) is 0 Å². The fourth-order valence-corrected chi connectivity index (χ4v) is 3.20. The Kier molecular flexibility index (Phi) is 4.95. The van der Waals surface area contributed by atoms with Crippen LogP contribution in [-0.4, -0.2) is 25.7 Å². The number of amides is 1. The van der Waals surface area contributed by atoms with E-state index in [4.69, 9.17) is 5.73 Å². The average molecular weight is 386 g/mol. The molecule has 4 rings (SSSR count). The number of carbonyl (C=O) groups excluding carboxylic acids is 1. The van der Waals surface area contributed by atoms with E-state index in [1.54, 1.807) is 23.1 Å². The summed E-state index contributed by atoms with van der Waals surface area (Å²) in [6.07, 6.45) is 3.33. The van der Waals surface area contributed by atoms with Gasteiger partial charge >= 0.3 is 0 Å². The van der Waals surface area contributed by atoms with Crippen LogP contribution in [0.3, 0.4) is 0 Å². The van der Waals surface area contributed by atoms with Crippen molar-refractivity contribution in [2.45, 2.75) is 26.9 Å². The molecule has 0 spiro atoms. The van der Waals surface area contributed by atoms with E-state index in [1.165, 1.54) is 0 Å². The molecular weight excluding hydrogens is 364 g/mol. The predicted molar refractivity (Wildman–Crippen MR) is 112 cm³/mol. The topological polar surface area (TPSA) is 98.7 Å². The van der Waals surface area contributed by atoms with E-state index in [-0.39, 0.29) is 5.91 Å². The number of hydrogen-bond acceptors (Lipinski definition) is 5. The summed E-state index contributed by atoms with van der Waals surface area (Å²) in [5, 5.41) is 8.31. The molecule has 3 heterocycles. The molecule has 0 saturated carbocycles. The molecule has 7 heteroatoms.